The number of nitrogens with two attached hydrogens (primary N) is 1. The van der Waals surface area contributed by atoms with Crippen molar-refractivity contribution in [3.63, 3.8) is 0 Å². The lowest BCUT2D eigenvalue weighted by atomic mass is 10.1. The van der Waals surface area contributed by atoms with Crippen LogP contribution in [0.4, 0.5) is 0 Å². The van der Waals surface area contributed by atoms with Crippen LogP contribution in [0.1, 0.15) is 11.1 Å². The maximum atomic E-state index is 5.92. The van der Waals surface area contributed by atoms with E-state index in [1.807, 2.05) is 30.3 Å². The number of halogens is 2. The Morgan fingerprint density at radius 3 is 2.58 bits per heavy atom. The van der Waals surface area contributed by atoms with Crippen molar-refractivity contribution in [2.24, 2.45) is 5.73 Å². The zero-order valence-electron chi connectivity index (χ0n) is 13.0. The quantitative estimate of drug-likeness (QED) is 0.777. The van der Waals surface area contributed by atoms with Gasteiger partial charge in [0, 0.05) is 35.2 Å². The minimum Gasteiger partial charge on any atom is -0.457 e. The topological polar surface area (TPSA) is 38.5 Å². The molecule has 1 aliphatic carbocycles. The number of benzene rings is 2. The van der Waals surface area contributed by atoms with Crippen molar-refractivity contribution < 1.29 is 4.74 Å². The van der Waals surface area contributed by atoms with E-state index in [2.05, 4.69) is 24.1 Å². The molecule has 0 fully saturated rings. The van der Waals surface area contributed by atoms with Gasteiger partial charge in [-0.1, -0.05) is 23.4 Å². The number of thioether (sulfide) groups is 1. The molecule has 1 heterocycles. The summed E-state index contributed by atoms with van der Waals surface area (Å²) in [5.41, 5.74) is 9.50. The fraction of sp³-hybridized carbons (Fsp3) is 0.111. The Bertz CT molecular complexity index is 847. The zero-order valence-corrected chi connectivity index (χ0v) is 15.3. The van der Waals surface area contributed by atoms with Crippen molar-refractivity contribution in [3.05, 3.63) is 74.7 Å². The largest absolute Gasteiger partial charge is 0.457 e. The zero-order chi connectivity index (χ0) is 16.0. The maximum absolute atomic E-state index is 5.92. The van der Waals surface area contributed by atoms with Crippen molar-refractivity contribution in [2.45, 2.75) is 6.42 Å². The van der Waals surface area contributed by atoms with Crippen molar-refractivity contribution >= 4 is 41.5 Å². The second-order valence-corrected chi connectivity index (χ2v) is 7.04. The predicted molar refractivity (Wildman–Crippen MR) is 103 cm³/mol. The van der Waals surface area contributed by atoms with E-state index in [4.69, 9.17) is 22.1 Å². The van der Waals surface area contributed by atoms with E-state index < -0.39 is 0 Å². The van der Waals surface area contributed by atoms with Crippen LogP contribution < -0.4 is 10.5 Å². The molecule has 0 saturated carbocycles. The van der Waals surface area contributed by atoms with Crippen LogP contribution in [0, 0.1) is 0 Å². The first kappa shape index (κ1) is 17.1. The molecular formula is C18H16Cl2N2OS. The Kier molecular flexibility index (Phi) is 4.72. The lowest BCUT2D eigenvalue weighted by Gasteiger charge is -2.18. The van der Waals surface area contributed by atoms with Gasteiger partial charge in [0.05, 0.1) is 10.7 Å². The highest BCUT2D eigenvalue weighted by Gasteiger charge is 2.32. The first-order valence-corrected chi connectivity index (χ1v) is 8.48. The summed E-state index contributed by atoms with van der Waals surface area (Å²) in [6.07, 6.45) is 2.59. The minimum atomic E-state index is 0. The van der Waals surface area contributed by atoms with Crippen LogP contribution >= 0.6 is 35.8 Å². The van der Waals surface area contributed by atoms with Gasteiger partial charge in [0.25, 0.3) is 0 Å². The lowest BCUT2D eigenvalue weighted by molar-refractivity contribution is 0.482. The number of hydrogen-bond donors (Lipinski definition) is 1. The highest BCUT2D eigenvalue weighted by atomic mass is 35.5. The number of fused-ring (bicyclic) bond motifs is 2. The first-order valence-electron chi connectivity index (χ1n) is 7.29. The Morgan fingerprint density at radius 1 is 1.17 bits per heavy atom. The number of hydrogen-bond acceptors (Lipinski definition) is 4. The maximum Gasteiger partial charge on any atom is 0.127 e. The third-order valence-electron chi connectivity index (χ3n) is 4.03. The second kappa shape index (κ2) is 6.63. The van der Waals surface area contributed by atoms with Gasteiger partial charge in [0.15, 0.2) is 0 Å². The standard InChI is InChI=1S/C18H15ClN2OS.ClH/c1-21-17(10-20)23-16-9-11-8-14(6-7-15(11)18(16)21)22-13-4-2-12(19)3-5-13;/h2-8,10H,9,20H2,1H3;1H. The van der Waals surface area contributed by atoms with E-state index in [1.165, 1.54) is 21.7 Å². The third kappa shape index (κ3) is 2.86. The smallest absolute Gasteiger partial charge is 0.127 e. The van der Waals surface area contributed by atoms with Crippen LogP contribution in [0.15, 0.2) is 58.6 Å². The van der Waals surface area contributed by atoms with Crippen molar-refractivity contribution in [1.82, 2.24) is 4.90 Å². The molecule has 2 aliphatic rings. The van der Waals surface area contributed by atoms with E-state index in [0.717, 1.165) is 22.9 Å². The molecule has 0 radical (unpaired) electrons. The molecule has 0 amide bonds. The Labute approximate surface area is 156 Å². The van der Waals surface area contributed by atoms with Crippen LogP contribution in [0.25, 0.3) is 5.70 Å². The van der Waals surface area contributed by atoms with Crippen LogP contribution in [-0.2, 0) is 6.42 Å². The summed E-state index contributed by atoms with van der Waals surface area (Å²) >= 11 is 7.65. The molecule has 0 spiro atoms. The monoisotopic (exact) mass is 378 g/mol. The molecule has 124 valence electrons. The average Bonchev–Trinajstić information content (AvgIpc) is 3.05. The van der Waals surface area contributed by atoms with Crippen molar-refractivity contribution in [1.29, 1.82) is 0 Å². The molecule has 2 aromatic carbocycles. The summed E-state index contributed by atoms with van der Waals surface area (Å²) in [6.45, 7) is 0. The Morgan fingerprint density at radius 2 is 1.88 bits per heavy atom. The van der Waals surface area contributed by atoms with Crippen LogP contribution in [-0.4, -0.2) is 11.9 Å². The normalized spacial score (nSPS) is 16.9. The molecule has 1 aliphatic heterocycles. The summed E-state index contributed by atoms with van der Waals surface area (Å²) in [5, 5.41) is 1.79. The summed E-state index contributed by atoms with van der Waals surface area (Å²) in [6, 6.07) is 13.6. The van der Waals surface area contributed by atoms with Crippen LogP contribution in [0.2, 0.25) is 5.02 Å². The molecule has 0 bridgehead atoms. The van der Waals surface area contributed by atoms with Crippen molar-refractivity contribution in [2.75, 3.05) is 7.05 Å². The van der Waals surface area contributed by atoms with Gasteiger partial charge < -0.3 is 15.4 Å². The fourth-order valence-corrected chi connectivity index (χ4v) is 4.21. The summed E-state index contributed by atoms with van der Waals surface area (Å²) in [5.74, 6) is 1.63. The average molecular weight is 379 g/mol. The Balaban J connectivity index is 0.00000169. The van der Waals surface area contributed by atoms with Crippen LogP contribution in [0.5, 0.6) is 11.5 Å². The highest BCUT2D eigenvalue weighted by molar-refractivity contribution is 8.07. The summed E-state index contributed by atoms with van der Waals surface area (Å²) < 4.78 is 5.92. The molecule has 24 heavy (non-hydrogen) atoms. The molecule has 0 unspecified atom stereocenters. The second-order valence-electron chi connectivity index (χ2n) is 5.49. The van der Waals surface area contributed by atoms with E-state index in [0.29, 0.717) is 5.02 Å². The van der Waals surface area contributed by atoms with Gasteiger partial charge in [0.2, 0.25) is 0 Å². The van der Waals surface area contributed by atoms with E-state index in [-0.39, 0.29) is 12.4 Å². The number of nitrogens with zero attached hydrogens (tertiary/aromatic N) is 1. The van der Waals surface area contributed by atoms with E-state index in [9.17, 15) is 0 Å². The van der Waals surface area contributed by atoms with Gasteiger partial charge in [-0.05, 0) is 48.0 Å². The molecule has 2 N–H and O–H groups in total. The molecule has 0 atom stereocenters. The predicted octanol–water partition coefficient (Wildman–Crippen LogP) is 5.22. The lowest BCUT2D eigenvalue weighted by Crippen LogP contribution is -2.11. The highest BCUT2D eigenvalue weighted by Crippen LogP contribution is 2.51. The number of rotatable bonds is 2. The van der Waals surface area contributed by atoms with Crippen LogP contribution in [0.3, 0.4) is 0 Å². The Hall–Kier alpha value is -1.75. The molecule has 3 nitrogen and oxygen atoms in total. The van der Waals surface area contributed by atoms with Gasteiger partial charge in [-0.15, -0.1) is 12.4 Å². The third-order valence-corrected chi connectivity index (χ3v) is 5.49. The molecule has 4 rings (SSSR count). The molecule has 0 aromatic heterocycles. The summed E-state index contributed by atoms with van der Waals surface area (Å²) in [4.78, 5) is 3.51. The number of ether oxygens (including phenoxy) is 1. The van der Waals surface area contributed by atoms with E-state index >= 15 is 0 Å². The molecular weight excluding hydrogens is 363 g/mol. The minimum absolute atomic E-state index is 0. The van der Waals surface area contributed by atoms with Crippen molar-refractivity contribution in [3.8, 4) is 11.5 Å². The number of allylic oxidation sites excluding steroid dienone is 1. The first-order chi connectivity index (χ1) is 11.2. The van der Waals surface area contributed by atoms with Gasteiger partial charge in [-0.3, -0.25) is 0 Å². The SMILES string of the molecule is CN1C(=CN)SC2=C1c1ccc(Oc3ccc(Cl)cc3)cc1C2.Cl. The summed E-state index contributed by atoms with van der Waals surface area (Å²) in [7, 11) is 2.06. The van der Waals surface area contributed by atoms with Gasteiger partial charge in [0.1, 0.15) is 11.5 Å². The van der Waals surface area contributed by atoms with Gasteiger partial charge in [-0.25, -0.2) is 0 Å². The van der Waals surface area contributed by atoms with E-state index in [1.54, 1.807) is 18.0 Å². The van der Waals surface area contributed by atoms with Gasteiger partial charge in [-0.2, -0.15) is 0 Å². The van der Waals surface area contributed by atoms with Gasteiger partial charge >= 0.3 is 0 Å². The fourth-order valence-electron chi connectivity index (χ4n) is 2.96. The molecule has 0 saturated heterocycles. The molecule has 2 aromatic rings. The molecule has 6 heteroatoms.